The van der Waals surface area contributed by atoms with Gasteiger partial charge in [-0.25, -0.2) is 4.79 Å². The lowest BCUT2D eigenvalue weighted by Gasteiger charge is -2.36. The van der Waals surface area contributed by atoms with Gasteiger partial charge in [0.1, 0.15) is 0 Å². The Morgan fingerprint density at radius 3 is 2.79 bits per heavy atom. The first-order chi connectivity index (χ1) is 9.00. The second-order valence-electron chi connectivity index (χ2n) is 5.98. The molecule has 3 amide bonds. The molecule has 4 atom stereocenters. The lowest BCUT2D eigenvalue weighted by atomic mass is 9.78. The van der Waals surface area contributed by atoms with Crippen LogP contribution in [0.3, 0.4) is 0 Å². The van der Waals surface area contributed by atoms with Gasteiger partial charge in [0.05, 0.1) is 6.04 Å². The summed E-state index contributed by atoms with van der Waals surface area (Å²) in [7, 11) is 0. The lowest BCUT2D eigenvalue weighted by molar-refractivity contribution is -0.129. The van der Waals surface area contributed by atoms with E-state index < -0.39 is 0 Å². The SMILES string of the molecule is C[C@@H]1[C@@H](C)CCC[C@H]1N[C@@H](C)C(=O)N1CCNC1=O. The Bertz CT molecular complexity index is 359. The molecule has 2 N–H and O–H groups in total. The lowest BCUT2D eigenvalue weighted by Crippen LogP contribution is -2.52. The van der Waals surface area contributed by atoms with Crippen molar-refractivity contribution in [3.05, 3.63) is 0 Å². The van der Waals surface area contributed by atoms with Gasteiger partial charge in [-0.2, -0.15) is 0 Å². The van der Waals surface area contributed by atoms with Crippen molar-refractivity contribution in [2.45, 2.75) is 52.1 Å². The van der Waals surface area contributed by atoms with Crippen LogP contribution < -0.4 is 10.6 Å². The molecule has 0 radical (unpaired) electrons. The molecule has 0 aromatic carbocycles. The molecule has 2 rings (SSSR count). The monoisotopic (exact) mass is 267 g/mol. The molecule has 5 nitrogen and oxygen atoms in total. The zero-order chi connectivity index (χ0) is 14.0. The molecule has 108 valence electrons. The maximum atomic E-state index is 12.2. The summed E-state index contributed by atoms with van der Waals surface area (Å²) in [6.07, 6.45) is 3.61. The molecule has 5 heteroatoms. The van der Waals surface area contributed by atoms with Crippen molar-refractivity contribution in [1.29, 1.82) is 0 Å². The van der Waals surface area contributed by atoms with Crippen LogP contribution in [-0.4, -0.2) is 42.0 Å². The Morgan fingerprint density at radius 1 is 1.42 bits per heavy atom. The minimum Gasteiger partial charge on any atom is -0.336 e. The van der Waals surface area contributed by atoms with Crippen LogP contribution in [0.5, 0.6) is 0 Å². The molecule has 0 bridgehead atoms. The summed E-state index contributed by atoms with van der Waals surface area (Å²) in [4.78, 5) is 25.0. The van der Waals surface area contributed by atoms with Crippen molar-refractivity contribution in [2.75, 3.05) is 13.1 Å². The highest BCUT2D eigenvalue weighted by Gasteiger charge is 2.33. The summed E-state index contributed by atoms with van der Waals surface area (Å²) in [5.41, 5.74) is 0. The number of hydrogen-bond donors (Lipinski definition) is 2. The van der Waals surface area contributed by atoms with Crippen LogP contribution in [0, 0.1) is 11.8 Å². The number of nitrogens with zero attached hydrogens (tertiary/aromatic N) is 1. The van der Waals surface area contributed by atoms with E-state index in [2.05, 4.69) is 24.5 Å². The quantitative estimate of drug-likeness (QED) is 0.811. The first-order valence-corrected chi connectivity index (χ1v) is 7.36. The van der Waals surface area contributed by atoms with Gasteiger partial charge in [-0.15, -0.1) is 0 Å². The molecule has 1 saturated heterocycles. The van der Waals surface area contributed by atoms with Crippen molar-refractivity contribution in [3.63, 3.8) is 0 Å². The predicted molar refractivity (Wildman–Crippen MR) is 73.7 cm³/mol. The molecule has 19 heavy (non-hydrogen) atoms. The van der Waals surface area contributed by atoms with Crippen LogP contribution in [0.25, 0.3) is 0 Å². The Kier molecular flexibility index (Phi) is 4.45. The fourth-order valence-corrected chi connectivity index (χ4v) is 3.13. The number of amides is 3. The maximum absolute atomic E-state index is 12.2. The molecule has 0 spiro atoms. The molecule has 1 aliphatic carbocycles. The number of urea groups is 1. The standard InChI is InChI=1S/C14H25N3O2/c1-9-5-4-6-12(10(9)2)16-11(3)13(18)17-8-7-15-14(17)19/h9-12,16H,4-8H2,1-3H3,(H,15,19)/t9-,10+,11-,12+/m0/s1. The fourth-order valence-electron chi connectivity index (χ4n) is 3.13. The van der Waals surface area contributed by atoms with Gasteiger partial charge >= 0.3 is 6.03 Å². The number of carbonyl (C=O) groups is 2. The Morgan fingerprint density at radius 2 is 2.16 bits per heavy atom. The Balaban J connectivity index is 1.91. The number of rotatable bonds is 3. The molecule has 0 aromatic rings. The average molecular weight is 267 g/mol. The van der Waals surface area contributed by atoms with E-state index in [9.17, 15) is 9.59 Å². The van der Waals surface area contributed by atoms with Crippen molar-refractivity contribution >= 4 is 11.9 Å². The van der Waals surface area contributed by atoms with E-state index in [1.807, 2.05) is 6.92 Å². The summed E-state index contributed by atoms with van der Waals surface area (Å²) in [5.74, 6) is 1.17. The number of imide groups is 1. The first kappa shape index (κ1) is 14.3. The third-order valence-electron chi connectivity index (χ3n) is 4.66. The summed E-state index contributed by atoms with van der Waals surface area (Å²) in [5, 5.41) is 6.09. The molecule has 1 saturated carbocycles. The predicted octanol–water partition coefficient (Wildman–Crippen LogP) is 1.34. The summed E-state index contributed by atoms with van der Waals surface area (Å²) >= 11 is 0. The molecule has 0 unspecified atom stereocenters. The Hall–Kier alpha value is -1.10. The summed E-state index contributed by atoms with van der Waals surface area (Å²) in [6.45, 7) is 7.44. The number of hydrogen-bond acceptors (Lipinski definition) is 3. The van der Waals surface area contributed by atoms with Crippen molar-refractivity contribution < 1.29 is 9.59 Å². The van der Waals surface area contributed by atoms with Gasteiger partial charge in [0.25, 0.3) is 0 Å². The molecular formula is C14H25N3O2. The van der Waals surface area contributed by atoms with Gasteiger partial charge < -0.3 is 10.6 Å². The molecule has 0 aromatic heterocycles. The fraction of sp³-hybridized carbons (Fsp3) is 0.857. The van der Waals surface area contributed by atoms with Crippen molar-refractivity contribution in [2.24, 2.45) is 11.8 Å². The van der Waals surface area contributed by atoms with Crippen LogP contribution in [0.1, 0.15) is 40.0 Å². The van der Waals surface area contributed by atoms with E-state index in [0.717, 1.165) is 6.42 Å². The van der Waals surface area contributed by atoms with Gasteiger partial charge in [0.2, 0.25) is 5.91 Å². The van der Waals surface area contributed by atoms with Gasteiger partial charge in [0, 0.05) is 19.1 Å². The minimum absolute atomic E-state index is 0.111. The van der Waals surface area contributed by atoms with Crippen LogP contribution in [-0.2, 0) is 4.79 Å². The van der Waals surface area contributed by atoms with Gasteiger partial charge in [-0.1, -0.05) is 26.7 Å². The van der Waals surface area contributed by atoms with Crippen molar-refractivity contribution in [3.8, 4) is 0 Å². The number of nitrogens with one attached hydrogen (secondary N) is 2. The van der Waals surface area contributed by atoms with Crippen LogP contribution >= 0.6 is 0 Å². The summed E-state index contributed by atoms with van der Waals surface area (Å²) < 4.78 is 0. The third kappa shape index (κ3) is 3.08. The highest BCUT2D eigenvalue weighted by molar-refractivity contribution is 5.98. The first-order valence-electron chi connectivity index (χ1n) is 7.36. The molecule has 1 heterocycles. The molecule has 2 fully saturated rings. The second-order valence-corrected chi connectivity index (χ2v) is 5.98. The van der Waals surface area contributed by atoms with E-state index in [1.54, 1.807) is 0 Å². The highest BCUT2D eigenvalue weighted by atomic mass is 16.2. The molecule has 1 aliphatic heterocycles. The van der Waals surface area contributed by atoms with E-state index >= 15 is 0 Å². The van der Waals surface area contributed by atoms with Gasteiger partial charge in [0.15, 0.2) is 0 Å². The van der Waals surface area contributed by atoms with Gasteiger partial charge in [-0.05, 0) is 25.2 Å². The van der Waals surface area contributed by atoms with Crippen LogP contribution in [0.2, 0.25) is 0 Å². The average Bonchev–Trinajstić information content (AvgIpc) is 2.80. The van der Waals surface area contributed by atoms with E-state index in [0.29, 0.717) is 31.0 Å². The normalized spacial score (nSPS) is 33.1. The third-order valence-corrected chi connectivity index (χ3v) is 4.66. The van der Waals surface area contributed by atoms with E-state index in [4.69, 9.17) is 0 Å². The maximum Gasteiger partial charge on any atom is 0.324 e. The van der Waals surface area contributed by atoms with Crippen LogP contribution in [0.4, 0.5) is 4.79 Å². The van der Waals surface area contributed by atoms with E-state index in [-0.39, 0.29) is 18.0 Å². The highest BCUT2D eigenvalue weighted by Crippen LogP contribution is 2.29. The zero-order valence-corrected chi connectivity index (χ0v) is 12.1. The largest absolute Gasteiger partial charge is 0.336 e. The zero-order valence-electron chi connectivity index (χ0n) is 12.1. The summed E-state index contributed by atoms with van der Waals surface area (Å²) in [6, 6.07) is -0.168. The molecule has 2 aliphatic rings. The topological polar surface area (TPSA) is 61.4 Å². The van der Waals surface area contributed by atoms with Crippen LogP contribution in [0.15, 0.2) is 0 Å². The Labute approximate surface area is 115 Å². The minimum atomic E-state index is -0.290. The smallest absolute Gasteiger partial charge is 0.324 e. The second kappa shape index (κ2) is 5.90. The molecular weight excluding hydrogens is 242 g/mol. The van der Waals surface area contributed by atoms with Gasteiger partial charge in [-0.3, -0.25) is 9.69 Å². The van der Waals surface area contributed by atoms with E-state index in [1.165, 1.54) is 17.7 Å². The number of carbonyl (C=O) groups excluding carboxylic acids is 2. The van der Waals surface area contributed by atoms with Crippen molar-refractivity contribution in [1.82, 2.24) is 15.5 Å².